The summed E-state index contributed by atoms with van der Waals surface area (Å²) in [6, 6.07) is 13.9. The Morgan fingerprint density at radius 3 is 2.82 bits per heavy atom. The standard InChI is InChI=1S/C18H16FNO2/c19-15-7-3-1-5-13(15)9-10-18(21)20-16-11-12-22-17-8-4-2-6-14(16)17/h1-10,16H,11-12H2,(H,20,21)/b10-9+. The number of hydrogen-bond acceptors (Lipinski definition) is 2. The van der Waals surface area contributed by atoms with Crippen molar-refractivity contribution in [2.24, 2.45) is 0 Å². The molecule has 1 N–H and O–H groups in total. The minimum atomic E-state index is -0.344. The number of amides is 1. The van der Waals surface area contributed by atoms with Crippen molar-refractivity contribution in [3.05, 3.63) is 71.6 Å². The van der Waals surface area contributed by atoms with Crippen molar-refractivity contribution in [1.29, 1.82) is 0 Å². The van der Waals surface area contributed by atoms with Crippen LogP contribution in [-0.2, 0) is 4.79 Å². The number of carbonyl (C=O) groups excluding carboxylic acids is 1. The van der Waals surface area contributed by atoms with E-state index in [0.717, 1.165) is 17.7 Å². The van der Waals surface area contributed by atoms with Crippen LogP contribution in [0.15, 0.2) is 54.6 Å². The van der Waals surface area contributed by atoms with Crippen LogP contribution >= 0.6 is 0 Å². The van der Waals surface area contributed by atoms with Gasteiger partial charge in [0.15, 0.2) is 0 Å². The molecule has 22 heavy (non-hydrogen) atoms. The quantitative estimate of drug-likeness (QED) is 0.881. The van der Waals surface area contributed by atoms with Crippen LogP contribution in [0.3, 0.4) is 0 Å². The molecule has 0 saturated carbocycles. The maximum absolute atomic E-state index is 13.5. The summed E-state index contributed by atoms with van der Waals surface area (Å²) >= 11 is 0. The fraction of sp³-hybridized carbons (Fsp3) is 0.167. The third-order valence-corrected chi connectivity index (χ3v) is 3.59. The number of benzene rings is 2. The Morgan fingerprint density at radius 2 is 1.95 bits per heavy atom. The fourth-order valence-electron chi connectivity index (χ4n) is 2.49. The van der Waals surface area contributed by atoms with Gasteiger partial charge >= 0.3 is 0 Å². The zero-order chi connectivity index (χ0) is 15.4. The summed E-state index contributed by atoms with van der Waals surface area (Å²) in [6.07, 6.45) is 3.56. The van der Waals surface area contributed by atoms with E-state index in [1.54, 1.807) is 18.2 Å². The highest BCUT2D eigenvalue weighted by atomic mass is 19.1. The average molecular weight is 297 g/mol. The molecule has 0 radical (unpaired) electrons. The molecule has 2 aromatic carbocycles. The molecule has 4 heteroatoms. The number of nitrogens with one attached hydrogen (secondary N) is 1. The summed E-state index contributed by atoms with van der Waals surface area (Å²) in [4.78, 5) is 12.0. The first-order valence-electron chi connectivity index (χ1n) is 7.19. The Labute approximate surface area is 128 Å². The van der Waals surface area contributed by atoms with E-state index < -0.39 is 0 Å². The SMILES string of the molecule is O=C(/C=C/c1ccccc1F)NC1CCOc2ccccc21. The highest BCUT2D eigenvalue weighted by Crippen LogP contribution is 2.31. The second kappa shape index (κ2) is 6.43. The molecule has 0 bridgehead atoms. The van der Waals surface area contributed by atoms with Gasteiger partial charge in [0.05, 0.1) is 12.6 Å². The predicted molar refractivity (Wildman–Crippen MR) is 82.9 cm³/mol. The van der Waals surface area contributed by atoms with Gasteiger partial charge in [-0.25, -0.2) is 4.39 Å². The predicted octanol–water partition coefficient (Wildman–Crippen LogP) is 3.48. The van der Waals surface area contributed by atoms with E-state index in [4.69, 9.17) is 4.74 Å². The van der Waals surface area contributed by atoms with Crippen molar-refractivity contribution in [2.75, 3.05) is 6.61 Å². The molecule has 3 nitrogen and oxygen atoms in total. The summed E-state index contributed by atoms with van der Waals surface area (Å²) in [5.74, 6) is 0.213. The highest BCUT2D eigenvalue weighted by molar-refractivity contribution is 5.92. The van der Waals surface area contributed by atoms with Crippen LogP contribution in [0, 0.1) is 5.82 Å². The zero-order valence-electron chi connectivity index (χ0n) is 12.0. The molecule has 1 unspecified atom stereocenters. The number of halogens is 1. The van der Waals surface area contributed by atoms with Gasteiger partial charge in [0.25, 0.3) is 0 Å². The second-order valence-corrected chi connectivity index (χ2v) is 5.09. The molecule has 1 amide bonds. The Balaban J connectivity index is 1.69. The van der Waals surface area contributed by atoms with E-state index in [0.29, 0.717) is 12.2 Å². The van der Waals surface area contributed by atoms with E-state index in [-0.39, 0.29) is 17.8 Å². The Kier molecular flexibility index (Phi) is 4.19. The molecule has 1 aliphatic heterocycles. The van der Waals surface area contributed by atoms with Crippen molar-refractivity contribution in [3.63, 3.8) is 0 Å². The number of hydrogen-bond donors (Lipinski definition) is 1. The largest absolute Gasteiger partial charge is 0.493 e. The smallest absolute Gasteiger partial charge is 0.244 e. The van der Waals surface area contributed by atoms with Gasteiger partial charge in [0.1, 0.15) is 11.6 Å². The van der Waals surface area contributed by atoms with Crippen molar-refractivity contribution in [1.82, 2.24) is 5.32 Å². The zero-order valence-corrected chi connectivity index (χ0v) is 12.0. The topological polar surface area (TPSA) is 38.3 Å². The highest BCUT2D eigenvalue weighted by Gasteiger charge is 2.21. The van der Waals surface area contributed by atoms with Gasteiger partial charge in [0, 0.05) is 23.6 Å². The van der Waals surface area contributed by atoms with Gasteiger partial charge in [-0.05, 0) is 18.2 Å². The van der Waals surface area contributed by atoms with Crippen LogP contribution in [0.25, 0.3) is 6.08 Å². The van der Waals surface area contributed by atoms with Crippen molar-refractivity contribution in [2.45, 2.75) is 12.5 Å². The molecule has 112 valence electrons. The van der Waals surface area contributed by atoms with Crippen molar-refractivity contribution < 1.29 is 13.9 Å². The van der Waals surface area contributed by atoms with E-state index in [9.17, 15) is 9.18 Å². The van der Waals surface area contributed by atoms with Crippen molar-refractivity contribution >= 4 is 12.0 Å². The molecular weight excluding hydrogens is 281 g/mol. The number of rotatable bonds is 3. The molecule has 0 spiro atoms. The summed E-state index contributed by atoms with van der Waals surface area (Å²) in [5, 5.41) is 2.94. The summed E-state index contributed by atoms with van der Waals surface area (Å²) in [5.41, 5.74) is 1.37. The lowest BCUT2D eigenvalue weighted by Gasteiger charge is -2.26. The fourth-order valence-corrected chi connectivity index (χ4v) is 2.49. The molecule has 1 atom stereocenters. The van der Waals surface area contributed by atoms with Crippen LogP contribution in [0.1, 0.15) is 23.6 Å². The molecule has 0 fully saturated rings. The van der Waals surface area contributed by atoms with Crippen LogP contribution in [0.4, 0.5) is 4.39 Å². The average Bonchev–Trinajstić information content (AvgIpc) is 2.54. The van der Waals surface area contributed by atoms with Crippen molar-refractivity contribution in [3.8, 4) is 5.75 Å². The van der Waals surface area contributed by atoms with Crippen LogP contribution in [0.5, 0.6) is 5.75 Å². The van der Waals surface area contributed by atoms with Crippen LogP contribution < -0.4 is 10.1 Å². The maximum atomic E-state index is 13.5. The molecule has 0 aromatic heterocycles. The second-order valence-electron chi connectivity index (χ2n) is 5.09. The number of carbonyl (C=O) groups is 1. The minimum absolute atomic E-state index is 0.0808. The lowest BCUT2D eigenvalue weighted by atomic mass is 10.0. The first-order chi connectivity index (χ1) is 10.7. The summed E-state index contributed by atoms with van der Waals surface area (Å²) < 4.78 is 19.1. The molecule has 0 aliphatic carbocycles. The lowest BCUT2D eigenvalue weighted by Crippen LogP contribution is -2.30. The molecule has 1 aliphatic rings. The third-order valence-electron chi connectivity index (χ3n) is 3.59. The number of fused-ring (bicyclic) bond motifs is 1. The monoisotopic (exact) mass is 297 g/mol. The Morgan fingerprint density at radius 1 is 1.18 bits per heavy atom. The molecule has 3 rings (SSSR count). The number of para-hydroxylation sites is 1. The van der Waals surface area contributed by atoms with E-state index >= 15 is 0 Å². The minimum Gasteiger partial charge on any atom is -0.493 e. The Hall–Kier alpha value is -2.62. The van der Waals surface area contributed by atoms with Gasteiger partial charge in [-0.2, -0.15) is 0 Å². The molecular formula is C18H16FNO2. The van der Waals surface area contributed by atoms with Crippen LogP contribution in [0.2, 0.25) is 0 Å². The van der Waals surface area contributed by atoms with E-state index in [1.807, 2.05) is 24.3 Å². The van der Waals surface area contributed by atoms with E-state index in [1.165, 1.54) is 18.2 Å². The number of ether oxygens (including phenoxy) is 1. The summed E-state index contributed by atoms with van der Waals surface area (Å²) in [7, 11) is 0. The van der Waals surface area contributed by atoms with Gasteiger partial charge in [0.2, 0.25) is 5.91 Å². The third kappa shape index (κ3) is 3.17. The van der Waals surface area contributed by atoms with Gasteiger partial charge in [-0.3, -0.25) is 4.79 Å². The summed E-state index contributed by atoms with van der Waals surface area (Å²) in [6.45, 7) is 0.568. The molecule has 2 aromatic rings. The normalized spacial score (nSPS) is 16.9. The van der Waals surface area contributed by atoms with Gasteiger partial charge in [-0.15, -0.1) is 0 Å². The Bertz CT molecular complexity index is 712. The molecule has 1 heterocycles. The van der Waals surface area contributed by atoms with Gasteiger partial charge in [-0.1, -0.05) is 36.4 Å². The van der Waals surface area contributed by atoms with Gasteiger partial charge < -0.3 is 10.1 Å². The first kappa shape index (κ1) is 14.3. The lowest BCUT2D eigenvalue weighted by molar-refractivity contribution is -0.117. The first-order valence-corrected chi connectivity index (χ1v) is 7.19. The maximum Gasteiger partial charge on any atom is 0.244 e. The van der Waals surface area contributed by atoms with E-state index in [2.05, 4.69) is 5.32 Å². The molecule has 0 saturated heterocycles. The van der Waals surface area contributed by atoms with Crippen LogP contribution in [-0.4, -0.2) is 12.5 Å².